The molecule has 0 fully saturated rings. The van der Waals surface area contributed by atoms with Crippen molar-refractivity contribution >= 4 is 17.3 Å². The van der Waals surface area contributed by atoms with E-state index in [1.165, 1.54) is 12.1 Å². The normalized spacial score (nSPS) is 11.1. The molecule has 0 aliphatic rings. The lowest BCUT2D eigenvalue weighted by Crippen LogP contribution is -2.21. The molecule has 25 heavy (non-hydrogen) atoms. The van der Waals surface area contributed by atoms with E-state index in [1.807, 2.05) is 37.1 Å². The van der Waals surface area contributed by atoms with E-state index in [9.17, 15) is 18.0 Å². The molecule has 0 radical (unpaired) electrons. The van der Waals surface area contributed by atoms with E-state index >= 15 is 0 Å². The molecule has 2 rings (SSSR count). The quantitative estimate of drug-likeness (QED) is 0.848. The molecule has 4 nitrogen and oxygen atoms in total. The topological polar surface area (TPSA) is 41.6 Å². The number of alkyl halides is 3. The van der Waals surface area contributed by atoms with Crippen LogP contribution in [0.1, 0.15) is 12.5 Å². The van der Waals surface area contributed by atoms with Gasteiger partial charge in [-0.2, -0.15) is 13.2 Å². The molecule has 0 saturated carbocycles. The smallest absolute Gasteiger partial charge is 0.416 e. The summed E-state index contributed by atoms with van der Waals surface area (Å²) in [7, 11) is 1.93. The van der Waals surface area contributed by atoms with Gasteiger partial charge in [-0.05, 0) is 43.3 Å². The van der Waals surface area contributed by atoms with Gasteiger partial charge in [0.25, 0.3) is 5.91 Å². The highest BCUT2D eigenvalue weighted by atomic mass is 19.4. The molecule has 0 spiro atoms. The Kier molecular flexibility index (Phi) is 5.90. The highest BCUT2D eigenvalue weighted by molar-refractivity contribution is 5.92. The van der Waals surface area contributed by atoms with Gasteiger partial charge >= 0.3 is 6.18 Å². The van der Waals surface area contributed by atoms with E-state index in [-0.39, 0.29) is 12.4 Å². The van der Waals surface area contributed by atoms with Crippen molar-refractivity contribution < 1.29 is 22.7 Å². The Morgan fingerprint density at radius 3 is 2.56 bits per heavy atom. The summed E-state index contributed by atoms with van der Waals surface area (Å²) in [5.74, 6) is -0.460. The van der Waals surface area contributed by atoms with Crippen molar-refractivity contribution in [2.24, 2.45) is 0 Å². The molecule has 7 heteroatoms. The van der Waals surface area contributed by atoms with Gasteiger partial charge in [0.05, 0.1) is 5.56 Å². The average molecular weight is 352 g/mol. The Hall–Kier alpha value is -2.70. The second kappa shape index (κ2) is 7.92. The number of carbonyl (C=O) groups is 1. The first kappa shape index (κ1) is 18.6. The van der Waals surface area contributed by atoms with Gasteiger partial charge in [0.15, 0.2) is 6.61 Å². The van der Waals surface area contributed by atoms with Crippen molar-refractivity contribution in [1.82, 2.24) is 0 Å². The third kappa shape index (κ3) is 5.41. The minimum Gasteiger partial charge on any atom is -0.484 e. The van der Waals surface area contributed by atoms with Crippen molar-refractivity contribution in [3.05, 3.63) is 54.1 Å². The Labute approximate surface area is 144 Å². The summed E-state index contributed by atoms with van der Waals surface area (Å²) in [6.07, 6.45) is -4.45. The Bertz CT molecular complexity index is 732. The lowest BCUT2D eigenvalue weighted by atomic mass is 10.2. The number of rotatable bonds is 6. The fraction of sp³-hybridized carbons (Fsp3) is 0.278. The largest absolute Gasteiger partial charge is 0.484 e. The fourth-order valence-electron chi connectivity index (χ4n) is 2.11. The van der Waals surface area contributed by atoms with Crippen molar-refractivity contribution in [2.75, 3.05) is 30.4 Å². The van der Waals surface area contributed by atoms with E-state index in [0.29, 0.717) is 5.69 Å². The number of hydrogen-bond acceptors (Lipinski definition) is 3. The summed E-state index contributed by atoms with van der Waals surface area (Å²) >= 11 is 0. The highest BCUT2D eigenvalue weighted by Crippen LogP contribution is 2.31. The maximum atomic E-state index is 12.6. The number of carbonyl (C=O) groups excluding carboxylic acids is 1. The predicted molar refractivity (Wildman–Crippen MR) is 91.0 cm³/mol. The summed E-state index contributed by atoms with van der Waals surface area (Å²) in [5, 5.41) is 2.66. The zero-order valence-electron chi connectivity index (χ0n) is 13.9. The number of nitrogens with zero attached hydrogens (tertiary/aromatic N) is 1. The standard InChI is InChI=1S/C18H19F3N2O2/c1-3-23(2)15-8-5-7-14(11-15)22-17(24)12-25-16-9-4-6-13(10-16)18(19,20)21/h4-11H,3,12H2,1-2H3,(H,22,24). The van der Waals surface area contributed by atoms with Crippen molar-refractivity contribution in [3.8, 4) is 5.75 Å². The molecule has 0 aliphatic carbocycles. The Balaban J connectivity index is 1.95. The lowest BCUT2D eigenvalue weighted by molar-refractivity contribution is -0.137. The molecule has 134 valence electrons. The molecule has 0 unspecified atom stereocenters. The molecular formula is C18H19F3N2O2. The van der Waals surface area contributed by atoms with Gasteiger partial charge in [0, 0.05) is 25.0 Å². The summed E-state index contributed by atoms with van der Waals surface area (Å²) in [6, 6.07) is 11.7. The Morgan fingerprint density at radius 2 is 1.88 bits per heavy atom. The van der Waals surface area contributed by atoms with Crippen LogP contribution in [-0.2, 0) is 11.0 Å². The molecule has 0 aromatic heterocycles. The van der Waals surface area contributed by atoms with Gasteiger partial charge in [0.1, 0.15) is 5.75 Å². The maximum Gasteiger partial charge on any atom is 0.416 e. The van der Waals surface area contributed by atoms with E-state index in [1.54, 1.807) is 6.07 Å². The van der Waals surface area contributed by atoms with Crippen LogP contribution in [0.5, 0.6) is 5.75 Å². The van der Waals surface area contributed by atoms with Crippen LogP contribution in [0.4, 0.5) is 24.5 Å². The van der Waals surface area contributed by atoms with E-state index in [2.05, 4.69) is 5.32 Å². The fourth-order valence-corrected chi connectivity index (χ4v) is 2.11. The van der Waals surface area contributed by atoms with Crippen molar-refractivity contribution in [2.45, 2.75) is 13.1 Å². The third-order valence-corrected chi connectivity index (χ3v) is 3.58. The van der Waals surface area contributed by atoms with Gasteiger partial charge in [0.2, 0.25) is 0 Å². The van der Waals surface area contributed by atoms with E-state index in [0.717, 1.165) is 24.4 Å². The predicted octanol–water partition coefficient (Wildman–Crippen LogP) is 4.18. The van der Waals surface area contributed by atoms with Crippen LogP contribution in [-0.4, -0.2) is 26.1 Å². The summed E-state index contributed by atoms with van der Waals surface area (Å²) in [4.78, 5) is 14.0. The Morgan fingerprint density at radius 1 is 1.16 bits per heavy atom. The van der Waals surface area contributed by atoms with Crippen molar-refractivity contribution in [3.63, 3.8) is 0 Å². The number of benzene rings is 2. The van der Waals surface area contributed by atoms with Crippen LogP contribution in [0, 0.1) is 0 Å². The SMILES string of the molecule is CCN(C)c1cccc(NC(=O)COc2cccc(C(F)(F)F)c2)c1. The molecule has 1 amide bonds. The lowest BCUT2D eigenvalue weighted by Gasteiger charge is -2.17. The van der Waals surface area contributed by atoms with Crippen LogP contribution in [0.25, 0.3) is 0 Å². The van der Waals surface area contributed by atoms with E-state index < -0.39 is 17.6 Å². The van der Waals surface area contributed by atoms with Gasteiger partial charge in [-0.1, -0.05) is 12.1 Å². The van der Waals surface area contributed by atoms with Crippen LogP contribution >= 0.6 is 0 Å². The molecule has 0 saturated heterocycles. The number of amides is 1. The minimum atomic E-state index is -4.45. The first-order valence-electron chi connectivity index (χ1n) is 7.70. The third-order valence-electron chi connectivity index (χ3n) is 3.58. The number of halogens is 3. The minimum absolute atomic E-state index is 0.00978. The summed E-state index contributed by atoms with van der Waals surface area (Å²) < 4.78 is 43.1. The van der Waals surface area contributed by atoms with Crippen molar-refractivity contribution in [1.29, 1.82) is 0 Å². The summed E-state index contributed by atoms with van der Waals surface area (Å²) in [5.41, 5.74) is 0.718. The molecular weight excluding hydrogens is 333 g/mol. The molecule has 2 aromatic carbocycles. The van der Waals surface area contributed by atoms with Crippen LogP contribution in [0.2, 0.25) is 0 Å². The number of hydrogen-bond donors (Lipinski definition) is 1. The second-order valence-electron chi connectivity index (χ2n) is 5.43. The molecule has 0 aliphatic heterocycles. The summed E-state index contributed by atoms with van der Waals surface area (Å²) in [6.45, 7) is 2.44. The van der Waals surface area contributed by atoms with Gasteiger partial charge in [-0.15, -0.1) is 0 Å². The van der Waals surface area contributed by atoms with Crippen LogP contribution < -0.4 is 15.0 Å². The molecule has 0 heterocycles. The van der Waals surface area contributed by atoms with Crippen LogP contribution in [0.15, 0.2) is 48.5 Å². The van der Waals surface area contributed by atoms with Gasteiger partial charge in [-0.25, -0.2) is 0 Å². The second-order valence-corrected chi connectivity index (χ2v) is 5.43. The van der Waals surface area contributed by atoms with E-state index in [4.69, 9.17) is 4.74 Å². The number of anilines is 2. The number of nitrogens with one attached hydrogen (secondary N) is 1. The molecule has 0 bridgehead atoms. The zero-order chi connectivity index (χ0) is 18.4. The first-order valence-corrected chi connectivity index (χ1v) is 7.70. The molecule has 0 atom stereocenters. The monoisotopic (exact) mass is 352 g/mol. The number of ether oxygens (including phenoxy) is 1. The molecule has 2 aromatic rings. The maximum absolute atomic E-state index is 12.6. The highest BCUT2D eigenvalue weighted by Gasteiger charge is 2.30. The first-order chi connectivity index (χ1) is 11.8. The zero-order valence-corrected chi connectivity index (χ0v) is 13.9. The van der Waals surface area contributed by atoms with Gasteiger partial charge < -0.3 is 15.0 Å². The average Bonchev–Trinajstić information content (AvgIpc) is 2.59. The van der Waals surface area contributed by atoms with Crippen LogP contribution in [0.3, 0.4) is 0 Å². The van der Waals surface area contributed by atoms with Gasteiger partial charge in [-0.3, -0.25) is 4.79 Å². The molecule has 1 N–H and O–H groups in total.